The van der Waals surface area contributed by atoms with Crippen LogP contribution in [0.1, 0.15) is 41.6 Å². The highest BCUT2D eigenvalue weighted by molar-refractivity contribution is 5.94. The zero-order chi connectivity index (χ0) is 22.5. The van der Waals surface area contributed by atoms with Gasteiger partial charge < -0.3 is 19.7 Å². The number of aromatic nitrogens is 1. The number of amides is 1. The van der Waals surface area contributed by atoms with E-state index in [1.165, 1.54) is 5.56 Å². The number of nitrogens with one attached hydrogen (secondary N) is 1. The number of carbonyl (C=O) groups is 1. The van der Waals surface area contributed by atoms with Crippen molar-refractivity contribution >= 4 is 11.6 Å². The maximum Gasteiger partial charge on any atom is 0.251 e. The molecule has 7 heteroatoms. The largest absolute Gasteiger partial charge is 0.378 e. The molecule has 3 aliphatic heterocycles. The lowest BCUT2D eigenvalue weighted by Crippen LogP contribution is -2.44. The van der Waals surface area contributed by atoms with E-state index in [4.69, 9.17) is 9.47 Å². The lowest BCUT2D eigenvalue weighted by Gasteiger charge is -2.39. The maximum absolute atomic E-state index is 12.7. The van der Waals surface area contributed by atoms with Crippen LogP contribution in [-0.4, -0.2) is 73.4 Å². The minimum Gasteiger partial charge on any atom is -0.378 e. The van der Waals surface area contributed by atoms with E-state index in [1.807, 2.05) is 36.7 Å². The first-order valence-corrected chi connectivity index (χ1v) is 12.2. The molecule has 0 radical (unpaired) electrons. The van der Waals surface area contributed by atoms with E-state index in [2.05, 4.69) is 32.2 Å². The summed E-state index contributed by atoms with van der Waals surface area (Å²) in [6, 6.07) is 12.1. The van der Waals surface area contributed by atoms with Crippen molar-refractivity contribution in [3.63, 3.8) is 0 Å². The Morgan fingerprint density at radius 3 is 2.45 bits per heavy atom. The van der Waals surface area contributed by atoms with Gasteiger partial charge in [0.2, 0.25) is 0 Å². The van der Waals surface area contributed by atoms with E-state index in [1.54, 1.807) is 0 Å². The SMILES string of the molecule is O=C(NCC1CCC2(CCN(Cc3ccncc3)CC2)O1)c1ccc(N2CCOCC2)cc1. The molecular formula is C26H34N4O3. The van der Waals surface area contributed by atoms with Gasteiger partial charge in [-0.2, -0.15) is 0 Å². The second-order valence-electron chi connectivity index (χ2n) is 9.45. The first kappa shape index (κ1) is 22.3. The molecule has 5 rings (SSSR count). The fourth-order valence-corrected chi connectivity index (χ4v) is 5.23. The minimum atomic E-state index is -0.0275. The normalized spacial score (nSPS) is 23.0. The Morgan fingerprint density at radius 2 is 1.73 bits per heavy atom. The summed E-state index contributed by atoms with van der Waals surface area (Å²) in [7, 11) is 0. The highest BCUT2D eigenvalue weighted by Crippen LogP contribution is 2.39. The van der Waals surface area contributed by atoms with Gasteiger partial charge in [0.25, 0.3) is 5.91 Å². The molecule has 33 heavy (non-hydrogen) atoms. The minimum absolute atomic E-state index is 0.00998. The van der Waals surface area contributed by atoms with E-state index in [0.717, 1.165) is 77.3 Å². The monoisotopic (exact) mass is 450 g/mol. The lowest BCUT2D eigenvalue weighted by molar-refractivity contribution is -0.0764. The van der Waals surface area contributed by atoms with Crippen LogP contribution in [-0.2, 0) is 16.0 Å². The number of likely N-dealkylation sites (tertiary alicyclic amines) is 1. The van der Waals surface area contributed by atoms with Crippen LogP contribution < -0.4 is 10.2 Å². The van der Waals surface area contributed by atoms with Crippen LogP contribution in [0.25, 0.3) is 0 Å². The Hall–Kier alpha value is -2.48. The molecule has 1 spiro atoms. The molecule has 4 heterocycles. The van der Waals surface area contributed by atoms with Crippen molar-refractivity contribution in [1.29, 1.82) is 0 Å². The smallest absolute Gasteiger partial charge is 0.251 e. The Morgan fingerprint density at radius 1 is 1.00 bits per heavy atom. The molecule has 7 nitrogen and oxygen atoms in total. The van der Waals surface area contributed by atoms with E-state index < -0.39 is 0 Å². The van der Waals surface area contributed by atoms with Crippen molar-refractivity contribution in [3.8, 4) is 0 Å². The summed E-state index contributed by atoms with van der Waals surface area (Å²) in [4.78, 5) is 21.6. The van der Waals surface area contributed by atoms with Gasteiger partial charge in [0.15, 0.2) is 0 Å². The molecule has 3 saturated heterocycles. The summed E-state index contributed by atoms with van der Waals surface area (Å²) in [5.74, 6) is -0.0275. The molecule has 1 unspecified atom stereocenters. The number of carbonyl (C=O) groups excluding carboxylic acids is 1. The third kappa shape index (κ3) is 5.54. The first-order chi connectivity index (χ1) is 16.2. The zero-order valence-corrected chi connectivity index (χ0v) is 19.2. The topological polar surface area (TPSA) is 66.9 Å². The summed E-state index contributed by atoms with van der Waals surface area (Å²) >= 11 is 0. The number of anilines is 1. The fourth-order valence-electron chi connectivity index (χ4n) is 5.23. The van der Waals surface area contributed by atoms with E-state index in [9.17, 15) is 4.79 Å². The van der Waals surface area contributed by atoms with Gasteiger partial charge in [0.1, 0.15) is 0 Å². The highest BCUT2D eigenvalue weighted by Gasteiger charge is 2.42. The third-order valence-corrected chi connectivity index (χ3v) is 7.26. The van der Waals surface area contributed by atoms with Crippen LogP contribution in [0.4, 0.5) is 5.69 Å². The molecule has 3 fully saturated rings. The van der Waals surface area contributed by atoms with Crippen LogP contribution in [0, 0.1) is 0 Å². The second-order valence-corrected chi connectivity index (χ2v) is 9.45. The van der Waals surface area contributed by atoms with Gasteiger partial charge in [0, 0.05) is 62.9 Å². The van der Waals surface area contributed by atoms with Gasteiger partial charge in [-0.1, -0.05) is 0 Å². The average Bonchev–Trinajstić information content (AvgIpc) is 3.28. The molecule has 1 atom stereocenters. The molecule has 176 valence electrons. The molecule has 3 aliphatic rings. The van der Waals surface area contributed by atoms with Gasteiger partial charge in [-0.3, -0.25) is 14.7 Å². The van der Waals surface area contributed by atoms with Crippen LogP contribution in [0.5, 0.6) is 0 Å². The second kappa shape index (κ2) is 10.2. The summed E-state index contributed by atoms with van der Waals surface area (Å²) in [6.07, 6.45) is 8.05. The van der Waals surface area contributed by atoms with Crippen molar-refractivity contribution in [3.05, 3.63) is 59.9 Å². The van der Waals surface area contributed by atoms with Crippen molar-refractivity contribution in [2.45, 2.75) is 43.9 Å². The third-order valence-electron chi connectivity index (χ3n) is 7.26. The first-order valence-electron chi connectivity index (χ1n) is 12.2. The maximum atomic E-state index is 12.7. The van der Waals surface area contributed by atoms with Gasteiger partial charge in [0.05, 0.1) is 24.9 Å². The van der Waals surface area contributed by atoms with Crippen LogP contribution in [0.3, 0.4) is 0 Å². The van der Waals surface area contributed by atoms with Gasteiger partial charge in [-0.15, -0.1) is 0 Å². The number of rotatable bonds is 6. The number of ether oxygens (including phenoxy) is 2. The standard InChI is InChI=1S/C26H34N4O3/c31-25(22-1-3-23(4-2-22)30-15-17-32-18-16-30)28-19-24-5-8-26(33-24)9-13-29(14-10-26)20-21-6-11-27-12-7-21/h1-4,6-7,11-12,24H,5,8-10,13-20H2,(H,28,31). The molecular weight excluding hydrogens is 416 g/mol. The van der Waals surface area contributed by atoms with Gasteiger partial charge in [-0.25, -0.2) is 0 Å². The number of hydrogen-bond donors (Lipinski definition) is 1. The fraction of sp³-hybridized carbons (Fsp3) is 0.538. The highest BCUT2D eigenvalue weighted by atomic mass is 16.5. The number of benzene rings is 1. The Labute approximate surface area is 196 Å². The van der Waals surface area contributed by atoms with Crippen molar-refractivity contribution < 1.29 is 14.3 Å². The Kier molecular flexibility index (Phi) is 6.90. The Balaban J connectivity index is 1.06. The average molecular weight is 451 g/mol. The molecule has 1 aromatic carbocycles. The van der Waals surface area contributed by atoms with Crippen molar-refractivity contribution in [2.24, 2.45) is 0 Å². The number of nitrogens with zero attached hydrogens (tertiary/aromatic N) is 3. The van der Waals surface area contributed by atoms with Crippen LogP contribution in [0.15, 0.2) is 48.8 Å². The van der Waals surface area contributed by atoms with E-state index in [-0.39, 0.29) is 17.6 Å². The van der Waals surface area contributed by atoms with Gasteiger partial charge in [-0.05, 0) is 67.6 Å². The van der Waals surface area contributed by atoms with Crippen molar-refractivity contribution in [2.75, 3.05) is 50.8 Å². The predicted molar refractivity (Wildman–Crippen MR) is 127 cm³/mol. The lowest BCUT2D eigenvalue weighted by atomic mass is 9.88. The van der Waals surface area contributed by atoms with Crippen molar-refractivity contribution in [1.82, 2.24) is 15.2 Å². The number of pyridine rings is 1. The quantitative estimate of drug-likeness (QED) is 0.730. The molecule has 0 aliphatic carbocycles. The summed E-state index contributed by atoms with van der Waals surface area (Å²) in [5, 5.41) is 3.09. The summed E-state index contributed by atoms with van der Waals surface area (Å²) in [5.41, 5.74) is 3.14. The Bertz CT molecular complexity index is 907. The molecule has 1 amide bonds. The molecule has 0 saturated carbocycles. The molecule has 1 N–H and O–H groups in total. The molecule has 0 bridgehead atoms. The number of morpholine rings is 1. The van der Waals surface area contributed by atoms with Gasteiger partial charge >= 0.3 is 0 Å². The van der Waals surface area contributed by atoms with Crippen LogP contribution >= 0.6 is 0 Å². The zero-order valence-electron chi connectivity index (χ0n) is 19.2. The molecule has 1 aromatic heterocycles. The number of piperidine rings is 1. The van der Waals surface area contributed by atoms with E-state index >= 15 is 0 Å². The van der Waals surface area contributed by atoms with Crippen LogP contribution in [0.2, 0.25) is 0 Å². The predicted octanol–water partition coefficient (Wildman–Crippen LogP) is 2.86. The molecule has 2 aromatic rings. The summed E-state index contributed by atoms with van der Waals surface area (Å²) in [6.45, 7) is 6.96. The number of hydrogen-bond acceptors (Lipinski definition) is 6. The summed E-state index contributed by atoms with van der Waals surface area (Å²) < 4.78 is 11.9. The van der Waals surface area contributed by atoms with E-state index in [0.29, 0.717) is 12.1 Å².